The molecule has 1 aliphatic carbocycles. The van der Waals surface area contributed by atoms with Crippen molar-refractivity contribution < 1.29 is 9.53 Å². The average molecular weight is 290 g/mol. The summed E-state index contributed by atoms with van der Waals surface area (Å²) in [6.07, 6.45) is 5.06. The van der Waals surface area contributed by atoms with Gasteiger partial charge in [-0.25, -0.2) is 9.97 Å². The fraction of sp³-hybridized carbons (Fsp3) is 0.214. The van der Waals surface area contributed by atoms with Crippen LogP contribution < -0.4 is 10.1 Å². The van der Waals surface area contributed by atoms with Crippen LogP contribution in [0.3, 0.4) is 0 Å². The number of ether oxygens (including phenoxy) is 1. The Morgan fingerprint density at radius 3 is 2.45 bits per heavy atom. The maximum Gasteiger partial charge on any atom is 0.321 e. The van der Waals surface area contributed by atoms with Crippen LogP contribution in [0.15, 0.2) is 36.7 Å². The fourth-order valence-electron chi connectivity index (χ4n) is 1.63. The Morgan fingerprint density at radius 1 is 1.20 bits per heavy atom. The molecule has 6 heteroatoms. The van der Waals surface area contributed by atoms with E-state index in [9.17, 15) is 4.79 Å². The lowest BCUT2D eigenvalue weighted by Crippen LogP contribution is -2.25. The van der Waals surface area contributed by atoms with Crippen molar-refractivity contribution in [2.45, 2.75) is 18.9 Å². The normalized spacial score (nSPS) is 13.8. The van der Waals surface area contributed by atoms with E-state index in [1.165, 1.54) is 12.4 Å². The van der Waals surface area contributed by atoms with Crippen LogP contribution in [0.5, 0.6) is 11.8 Å². The lowest BCUT2D eigenvalue weighted by molar-refractivity contribution is 0.0951. The molecule has 0 bridgehead atoms. The molecule has 1 heterocycles. The van der Waals surface area contributed by atoms with Gasteiger partial charge < -0.3 is 10.1 Å². The van der Waals surface area contributed by atoms with Crippen molar-refractivity contribution in [2.24, 2.45) is 0 Å². The molecular weight excluding hydrogens is 278 g/mol. The highest BCUT2D eigenvalue weighted by atomic mass is 35.5. The van der Waals surface area contributed by atoms with Crippen molar-refractivity contribution in [1.29, 1.82) is 0 Å². The number of nitrogens with zero attached hydrogens (tertiary/aromatic N) is 2. The van der Waals surface area contributed by atoms with Gasteiger partial charge in [0.15, 0.2) is 0 Å². The first kappa shape index (κ1) is 12.9. The maximum absolute atomic E-state index is 11.8. The minimum Gasteiger partial charge on any atom is -0.424 e. The minimum absolute atomic E-state index is 0.0539. The Bertz CT molecular complexity index is 609. The van der Waals surface area contributed by atoms with Crippen LogP contribution in [-0.4, -0.2) is 21.9 Å². The predicted octanol–water partition coefficient (Wildman–Crippen LogP) is 2.81. The zero-order valence-corrected chi connectivity index (χ0v) is 11.3. The first-order valence-corrected chi connectivity index (χ1v) is 6.65. The predicted molar refractivity (Wildman–Crippen MR) is 74.0 cm³/mol. The molecule has 1 aromatic carbocycles. The SMILES string of the molecule is O=C(NC1CC1)c1ccc(Oc2ncc(Cl)cn2)cc1. The molecule has 0 aliphatic heterocycles. The minimum atomic E-state index is -0.0539. The summed E-state index contributed by atoms with van der Waals surface area (Å²) in [6, 6.07) is 7.40. The molecule has 102 valence electrons. The quantitative estimate of drug-likeness (QED) is 0.940. The summed E-state index contributed by atoms with van der Waals surface area (Å²) in [6.45, 7) is 0. The van der Waals surface area contributed by atoms with Gasteiger partial charge in [-0.2, -0.15) is 0 Å². The number of hydrogen-bond donors (Lipinski definition) is 1. The summed E-state index contributed by atoms with van der Waals surface area (Å²) < 4.78 is 5.45. The molecule has 1 aliphatic rings. The van der Waals surface area contributed by atoms with E-state index in [1.54, 1.807) is 24.3 Å². The van der Waals surface area contributed by atoms with E-state index in [0.29, 0.717) is 22.4 Å². The zero-order valence-electron chi connectivity index (χ0n) is 10.5. The number of halogens is 1. The van der Waals surface area contributed by atoms with Crippen molar-refractivity contribution >= 4 is 17.5 Å². The molecule has 1 saturated carbocycles. The van der Waals surface area contributed by atoms with Gasteiger partial charge in [0.2, 0.25) is 0 Å². The largest absolute Gasteiger partial charge is 0.424 e. The summed E-state index contributed by atoms with van der Waals surface area (Å²) >= 11 is 5.69. The summed E-state index contributed by atoms with van der Waals surface area (Å²) in [5.74, 6) is 0.511. The molecule has 3 rings (SSSR count). The lowest BCUT2D eigenvalue weighted by Gasteiger charge is -2.05. The van der Waals surface area contributed by atoms with Crippen LogP contribution in [-0.2, 0) is 0 Å². The van der Waals surface area contributed by atoms with Gasteiger partial charge in [-0.15, -0.1) is 0 Å². The Morgan fingerprint density at radius 2 is 1.85 bits per heavy atom. The second kappa shape index (κ2) is 5.46. The molecule has 1 fully saturated rings. The Hall–Kier alpha value is -2.14. The number of aromatic nitrogens is 2. The van der Waals surface area contributed by atoms with Gasteiger partial charge in [-0.1, -0.05) is 11.6 Å². The third-order valence-electron chi connectivity index (χ3n) is 2.83. The molecule has 1 N–H and O–H groups in total. The zero-order chi connectivity index (χ0) is 13.9. The Kier molecular flexibility index (Phi) is 3.52. The monoisotopic (exact) mass is 289 g/mol. The van der Waals surface area contributed by atoms with Gasteiger partial charge in [-0.05, 0) is 37.1 Å². The molecule has 20 heavy (non-hydrogen) atoms. The van der Waals surface area contributed by atoms with Crippen molar-refractivity contribution in [3.63, 3.8) is 0 Å². The highest BCUT2D eigenvalue weighted by molar-refractivity contribution is 6.30. The summed E-state index contributed by atoms with van der Waals surface area (Å²) in [5, 5.41) is 3.37. The standard InChI is InChI=1S/C14H12ClN3O2/c15-10-7-16-14(17-8-10)20-12-5-1-9(2-6-12)13(19)18-11-3-4-11/h1-2,5-8,11H,3-4H2,(H,18,19). The molecule has 1 amide bonds. The van der Waals surface area contributed by atoms with E-state index in [0.717, 1.165) is 12.8 Å². The van der Waals surface area contributed by atoms with E-state index in [4.69, 9.17) is 16.3 Å². The number of amides is 1. The molecule has 5 nitrogen and oxygen atoms in total. The van der Waals surface area contributed by atoms with Crippen molar-refractivity contribution in [3.8, 4) is 11.8 Å². The van der Waals surface area contributed by atoms with Crippen molar-refractivity contribution in [3.05, 3.63) is 47.2 Å². The number of nitrogens with one attached hydrogen (secondary N) is 1. The molecular formula is C14H12ClN3O2. The van der Waals surface area contributed by atoms with Gasteiger partial charge in [0.25, 0.3) is 5.91 Å². The smallest absolute Gasteiger partial charge is 0.321 e. The number of carbonyl (C=O) groups is 1. The second-order valence-electron chi connectivity index (χ2n) is 4.56. The van der Waals surface area contributed by atoms with Gasteiger partial charge in [0, 0.05) is 11.6 Å². The summed E-state index contributed by atoms with van der Waals surface area (Å²) in [4.78, 5) is 19.7. The van der Waals surface area contributed by atoms with Gasteiger partial charge in [0.05, 0.1) is 17.4 Å². The molecule has 0 saturated heterocycles. The van der Waals surface area contributed by atoms with E-state index in [-0.39, 0.29) is 11.9 Å². The van der Waals surface area contributed by atoms with Crippen molar-refractivity contribution in [2.75, 3.05) is 0 Å². The molecule has 2 aromatic rings. The number of carbonyl (C=O) groups excluding carboxylic acids is 1. The number of hydrogen-bond acceptors (Lipinski definition) is 4. The molecule has 0 unspecified atom stereocenters. The lowest BCUT2D eigenvalue weighted by atomic mass is 10.2. The Balaban J connectivity index is 1.66. The average Bonchev–Trinajstić information content (AvgIpc) is 3.26. The number of rotatable bonds is 4. The van der Waals surface area contributed by atoms with Crippen LogP contribution in [0.4, 0.5) is 0 Å². The third kappa shape index (κ3) is 3.24. The molecule has 1 aromatic heterocycles. The van der Waals surface area contributed by atoms with Crippen molar-refractivity contribution in [1.82, 2.24) is 15.3 Å². The molecule has 0 spiro atoms. The van der Waals surface area contributed by atoms with E-state index < -0.39 is 0 Å². The van der Waals surface area contributed by atoms with Gasteiger partial charge in [-0.3, -0.25) is 4.79 Å². The highest BCUT2D eigenvalue weighted by Gasteiger charge is 2.23. The van der Waals surface area contributed by atoms with Gasteiger partial charge in [0.1, 0.15) is 5.75 Å². The molecule has 0 atom stereocenters. The maximum atomic E-state index is 11.8. The van der Waals surface area contributed by atoms with Crippen LogP contribution >= 0.6 is 11.6 Å². The first-order chi connectivity index (χ1) is 9.70. The van der Waals surface area contributed by atoms with E-state index >= 15 is 0 Å². The fourth-order valence-corrected chi connectivity index (χ4v) is 1.73. The van der Waals surface area contributed by atoms with Crippen LogP contribution in [0.25, 0.3) is 0 Å². The third-order valence-corrected chi connectivity index (χ3v) is 3.03. The van der Waals surface area contributed by atoms with E-state index in [1.807, 2.05) is 0 Å². The van der Waals surface area contributed by atoms with Crippen LogP contribution in [0.1, 0.15) is 23.2 Å². The van der Waals surface area contributed by atoms with Crippen LogP contribution in [0.2, 0.25) is 5.02 Å². The Labute approximate surface area is 121 Å². The van der Waals surface area contributed by atoms with Gasteiger partial charge >= 0.3 is 6.01 Å². The second-order valence-corrected chi connectivity index (χ2v) is 4.99. The summed E-state index contributed by atoms with van der Waals surface area (Å²) in [7, 11) is 0. The summed E-state index contributed by atoms with van der Waals surface area (Å²) in [5.41, 5.74) is 0.612. The van der Waals surface area contributed by atoms with E-state index in [2.05, 4.69) is 15.3 Å². The van der Waals surface area contributed by atoms with Crippen LogP contribution in [0, 0.1) is 0 Å². The highest BCUT2D eigenvalue weighted by Crippen LogP contribution is 2.21. The topological polar surface area (TPSA) is 64.1 Å². The molecule has 0 radical (unpaired) electrons. The number of benzene rings is 1. The first-order valence-electron chi connectivity index (χ1n) is 6.27.